The molecule has 12 heteroatoms. The lowest BCUT2D eigenvalue weighted by Crippen LogP contribution is -2.35. The number of hydrogen-bond donors (Lipinski definition) is 0. The molecule has 1 atom stereocenters. The number of nitro groups is 1. The zero-order valence-corrected chi connectivity index (χ0v) is 26.5. The summed E-state index contributed by atoms with van der Waals surface area (Å²) in [5.74, 6) is -0.0478. The van der Waals surface area contributed by atoms with Crippen LogP contribution in [-0.4, -0.2) is 28.7 Å². The van der Waals surface area contributed by atoms with Gasteiger partial charge in [-0.3, -0.25) is 19.5 Å². The van der Waals surface area contributed by atoms with Crippen molar-refractivity contribution in [2.45, 2.75) is 33.4 Å². The lowest BCUT2D eigenvalue weighted by atomic mass is 9.97. The van der Waals surface area contributed by atoms with Crippen molar-refractivity contribution < 1.29 is 23.9 Å². The maximum Gasteiger partial charge on any atom is 0.338 e. The van der Waals surface area contributed by atoms with E-state index < -0.39 is 22.5 Å². The number of thiazole rings is 1. The number of esters is 1. The Morgan fingerprint density at radius 2 is 1.77 bits per heavy atom. The van der Waals surface area contributed by atoms with Crippen molar-refractivity contribution in [3.05, 3.63) is 123 Å². The summed E-state index contributed by atoms with van der Waals surface area (Å²) in [6, 6.07) is 18.9. The number of benzene rings is 3. The van der Waals surface area contributed by atoms with Crippen LogP contribution in [0, 0.1) is 10.1 Å². The minimum Gasteiger partial charge on any atom is -0.490 e. The van der Waals surface area contributed by atoms with E-state index in [1.807, 2.05) is 54.6 Å². The van der Waals surface area contributed by atoms with Crippen LogP contribution in [0.5, 0.6) is 11.5 Å². The Kier molecular flexibility index (Phi) is 9.40. The zero-order valence-electron chi connectivity index (χ0n) is 24.1. The van der Waals surface area contributed by atoms with Crippen LogP contribution >= 0.6 is 27.3 Å². The second-order valence-electron chi connectivity index (χ2n) is 9.66. The topological polar surface area (TPSA) is 122 Å². The summed E-state index contributed by atoms with van der Waals surface area (Å²) in [6.07, 6.45) is 1.45. The van der Waals surface area contributed by atoms with Gasteiger partial charge in [0.25, 0.3) is 11.2 Å². The minimum atomic E-state index is -0.701. The SMILES string of the molecule is CCOC(=O)C1=C(C)n2c(s/c(=C\c3cc(OCC)c(OCc4ccccc4)cc3[N+](=O)[O-])c2=O)=N[C@H]1c1ccc(Br)cc1. The van der Waals surface area contributed by atoms with E-state index in [4.69, 9.17) is 19.2 Å². The standard InChI is InChI=1S/C32H28BrN3O7S/c1-4-41-25-15-22(24(36(39)40)17-26(25)43-18-20-9-7-6-8-10-20)16-27-30(37)35-19(3)28(31(38)42-5-2)29(34-32(35)44-27)21-11-13-23(33)14-12-21/h6-17,29H,4-5,18H2,1-3H3/b27-16-/t29-/m0/s1. The van der Waals surface area contributed by atoms with Gasteiger partial charge in [-0.25, -0.2) is 9.79 Å². The molecule has 0 radical (unpaired) electrons. The lowest BCUT2D eigenvalue weighted by molar-refractivity contribution is -0.385. The summed E-state index contributed by atoms with van der Waals surface area (Å²) in [5.41, 5.74) is 1.72. The highest BCUT2D eigenvalue weighted by molar-refractivity contribution is 9.10. The smallest absolute Gasteiger partial charge is 0.338 e. The largest absolute Gasteiger partial charge is 0.490 e. The molecule has 0 N–H and O–H groups in total. The first-order chi connectivity index (χ1) is 21.2. The Balaban J connectivity index is 1.65. The normalized spacial score (nSPS) is 14.5. The number of aromatic nitrogens is 1. The fraction of sp³-hybridized carbons (Fsp3) is 0.219. The van der Waals surface area contributed by atoms with Gasteiger partial charge in [0.15, 0.2) is 16.3 Å². The van der Waals surface area contributed by atoms with Crippen LogP contribution in [-0.2, 0) is 16.1 Å². The number of halogens is 1. The molecule has 0 fully saturated rings. The summed E-state index contributed by atoms with van der Waals surface area (Å²) in [5, 5.41) is 12.2. The Hall–Kier alpha value is -4.55. The highest BCUT2D eigenvalue weighted by Crippen LogP contribution is 2.36. The number of carbonyl (C=O) groups is 1. The molecule has 10 nitrogen and oxygen atoms in total. The lowest BCUT2D eigenvalue weighted by Gasteiger charge is -2.22. The third kappa shape index (κ3) is 6.36. The molecule has 0 spiro atoms. The highest BCUT2D eigenvalue weighted by atomic mass is 79.9. The maximum absolute atomic E-state index is 13.7. The van der Waals surface area contributed by atoms with Crippen molar-refractivity contribution in [1.82, 2.24) is 4.57 Å². The predicted molar refractivity (Wildman–Crippen MR) is 170 cm³/mol. The van der Waals surface area contributed by atoms with Gasteiger partial charge >= 0.3 is 5.97 Å². The quantitative estimate of drug-likeness (QED) is 0.122. The molecule has 1 aliphatic heterocycles. The average molecular weight is 679 g/mol. The van der Waals surface area contributed by atoms with Crippen LogP contribution in [0.15, 0.2) is 86.6 Å². The summed E-state index contributed by atoms with van der Waals surface area (Å²) >= 11 is 4.51. The van der Waals surface area contributed by atoms with E-state index in [-0.39, 0.29) is 40.3 Å². The molecule has 0 amide bonds. The molecule has 0 aliphatic carbocycles. The summed E-state index contributed by atoms with van der Waals surface area (Å²) in [6.45, 7) is 5.82. The van der Waals surface area contributed by atoms with E-state index in [0.717, 1.165) is 26.9 Å². The molecule has 2 heterocycles. The number of hydrogen-bond acceptors (Lipinski definition) is 9. The molecular weight excluding hydrogens is 650 g/mol. The van der Waals surface area contributed by atoms with E-state index in [0.29, 0.717) is 22.9 Å². The van der Waals surface area contributed by atoms with Crippen molar-refractivity contribution >= 4 is 50.7 Å². The molecule has 0 unspecified atom stereocenters. The summed E-state index contributed by atoms with van der Waals surface area (Å²) < 4.78 is 19.4. The maximum atomic E-state index is 13.7. The van der Waals surface area contributed by atoms with Crippen LogP contribution < -0.4 is 24.4 Å². The second-order valence-corrected chi connectivity index (χ2v) is 11.6. The third-order valence-corrected chi connectivity index (χ3v) is 8.35. The zero-order chi connectivity index (χ0) is 31.4. The van der Waals surface area contributed by atoms with E-state index in [9.17, 15) is 19.7 Å². The van der Waals surface area contributed by atoms with Gasteiger partial charge in [-0.15, -0.1) is 0 Å². The highest BCUT2D eigenvalue weighted by Gasteiger charge is 2.31. The molecule has 44 heavy (non-hydrogen) atoms. The van der Waals surface area contributed by atoms with Crippen LogP contribution in [0.4, 0.5) is 5.69 Å². The Labute approximate surface area is 264 Å². The number of nitrogens with zero attached hydrogens (tertiary/aromatic N) is 3. The van der Waals surface area contributed by atoms with Crippen molar-refractivity contribution in [2.75, 3.05) is 13.2 Å². The molecule has 0 saturated carbocycles. The van der Waals surface area contributed by atoms with Crippen molar-refractivity contribution in [1.29, 1.82) is 0 Å². The fourth-order valence-electron chi connectivity index (χ4n) is 4.80. The number of allylic oxidation sites excluding steroid dienone is 1. The van der Waals surface area contributed by atoms with E-state index in [1.165, 1.54) is 22.8 Å². The van der Waals surface area contributed by atoms with Crippen molar-refractivity contribution in [2.24, 2.45) is 4.99 Å². The average Bonchev–Trinajstić information content (AvgIpc) is 3.32. The summed E-state index contributed by atoms with van der Waals surface area (Å²) in [7, 11) is 0. The first-order valence-corrected chi connectivity index (χ1v) is 15.4. The van der Waals surface area contributed by atoms with Gasteiger partial charge in [-0.2, -0.15) is 0 Å². The molecular formula is C32H28BrN3O7S. The fourth-order valence-corrected chi connectivity index (χ4v) is 6.09. The van der Waals surface area contributed by atoms with Gasteiger partial charge in [0.1, 0.15) is 12.6 Å². The Bertz CT molecular complexity index is 1930. The van der Waals surface area contributed by atoms with Gasteiger partial charge in [0.2, 0.25) is 0 Å². The van der Waals surface area contributed by atoms with Gasteiger partial charge in [-0.05, 0) is 56.2 Å². The molecule has 1 aliphatic rings. The van der Waals surface area contributed by atoms with Crippen LogP contribution in [0.3, 0.4) is 0 Å². The molecule has 4 aromatic rings. The van der Waals surface area contributed by atoms with Gasteiger partial charge in [0, 0.05) is 10.2 Å². The summed E-state index contributed by atoms with van der Waals surface area (Å²) in [4.78, 5) is 43.6. The van der Waals surface area contributed by atoms with Gasteiger partial charge in [-0.1, -0.05) is 69.7 Å². The van der Waals surface area contributed by atoms with Gasteiger partial charge < -0.3 is 14.2 Å². The molecule has 0 saturated heterocycles. The molecule has 1 aromatic heterocycles. The minimum absolute atomic E-state index is 0.157. The van der Waals surface area contributed by atoms with Crippen molar-refractivity contribution in [3.63, 3.8) is 0 Å². The number of rotatable bonds is 10. The van der Waals surface area contributed by atoms with Crippen LogP contribution in [0.25, 0.3) is 11.8 Å². The Morgan fingerprint density at radius 1 is 1.07 bits per heavy atom. The van der Waals surface area contributed by atoms with E-state index in [2.05, 4.69) is 15.9 Å². The number of nitro benzene ring substituents is 1. The van der Waals surface area contributed by atoms with E-state index >= 15 is 0 Å². The third-order valence-electron chi connectivity index (χ3n) is 6.84. The van der Waals surface area contributed by atoms with E-state index in [1.54, 1.807) is 20.8 Å². The monoisotopic (exact) mass is 677 g/mol. The predicted octanol–water partition coefficient (Wildman–Crippen LogP) is 5.56. The number of fused-ring (bicyclic) bond motifs is 1. The van der Waals surface area contributed by atoms with Gasteiger partial charge in [0.05, 0.1) is 39.9 Å². The second kappa shape index (κ2) is 13.4. The van der Waals surface area contributed by atoms with Crippen LogP contribution in [0.2, 0.25) is 0 Å². The molecule has 0 bridgehead atoms. The molecule has 3 aromatic carbocycles. The first-order valence-electron chi connectivity index (χ1n) is 13.8. The molecule has 226 valence electrons. The van der Waals surface area contributed by atoms with Crippen LogP contribution in [0.1, 0.15) is 43.5 Å². The number of carbonyl (C=O) groups excluding carboxylic acids is 1. The number of ether oxygens (including phenoxy) is 3. The molecule has 5 rings (SSSR count). The Morgan fingerprint density at radius 3 is 2.43 bits per heavy atom. The van der Waals surface area contributed by atoms with Crippen molar-refractivity contribution in [3.8, 4) is 11.5 Å². The first kappa shape index (κ1) is 30.9.